The molecule has 3 aliphatic rings. The molecule has 0 N–H and O–H groups in total. The lowest BCUT2D eigenvalue weighted by Gasteiger charge is -2.26. The van der Waals surface area contributed by atoms with E-state index in [1.165, 1.54) is 4.90 Å². The van der Waals surface area contributed by atoms with Gasteiger partial charge in [-0.2, -0.15) is 0 Å². The largest absolute Gasteiger partial charge is 0.447 e. The fraction of sp³-hybridized carbons (Fsp3) is 0.440. The van der Waals surface area contributed by atoms with E-state index in [1.54, 1.807) is 29.7 Å². The van der Waals surface area contributed by atoms with E-state index in [1.807, 2.05) is 40.7 Å². The van der Waals surface area contributed by atoms with Crippen molar-refractivity contribution in [3.05, 3.63) is 54.0 Å². The van der Waals surface area contributed by atoms with Gasteiger partial charge in [0.25, 0.3) is 0 Å². The van der Waals surface area contributed by atoms with Crippen LogP contribution in [-0.2, 0) is 9.53 Å². The van der Waals surface area contributed by atoms with Gasteiger partial charge in [0.15, 0.2) is 11.6 Å². The Morgan fingerprint density at radius 3 is 2.50 bits per heavy atom. The third kappa shape index (κ3) is 3.46. The molecule has 34 heavy (non-hydrogen) atoms. The van der Waals surface area contributed by atoms with Gasteiger partial charge in [0.1, 0.15) is 12.4 Å². The maximum absolute atomic E-state index is 13.6. The number of carbonyl (C=O) groups excluding carboxylic acids is 2. The highest BCUT2D eigenvalue weighted by Gasteiger charge is 2.52. The standard InChI is InChI=1S/C25H28N6O3/c1-14(2)20-13-34-24(33)31(20)22-12-26-11-21(29-22)30-19-8-16(17-9-27-15(3)28-10-17)6-7-18(19)25(4,5)23(30)32/h6,8-12,14,18,20H,7,13H2,1-5H3/t18?,20-/m1/s1. The van der Waals surface area contributed by atoms with Crippen LogP contribution in [0.1, 0.15) is 45.5 Å². The van der Waals surface area contributed by atoms with Crippen LogP contribution in [0.25, 0.3) is 5.57 Å². The van der Waals surface area contributed by atoms with E-state index in [-0.39, 0.29) is 23.8 Å². The number of amides is 2. The molecule has 0 saturated carbocycles. The normalized spacial score (nSPS) is 23.7. The quantitative estimate of drug-likeness (QED) is 0.681. The van der Waals surface area contributed by atoms with Crippen molar-refractivity contribution in [2.45, 2.75) is 47.1 Å². The van der Waals surface area contributed by atoms with Crippen LogP contribution >= 0.6 is 0 Å². The third-order valence-corrected chi connectivity index (χ3v) is 6.99. The van der Waals surface area contributed by atoms with Crippen molar-refractivity contribution in [1.82, 2.24) is 19.9 Å². The van der Waals surface area contributed by atoms with Crippen molar-refractivity contribution >= 4 is 29.2 Å². The molecule has 1 aliphatic carbocycles. The molecule has 0 bridgehead atoms. The molecule has 9 heteroatoms. The van der Waals surface area contributed by atoms with Crippen molar-refractivity contribution in [3.63, 3.8) is 0 Å². The smallest absolute Gasteiger partial charge is 0.415 e. The second-order valence-corrected chi connectivity index (χ2v) is 9.89. The molecule has 2 saturated heterocycles. The average Bonchev–Trinajstić information content (AvgIpc) is 3.29. The Bertz CT molecular complexity index is 1220. The molecule has 2 aromatic heterocycles. The molecule has 5 rings (SSSR count). The van der Waals surface area contributed by atoms with Crippen LogP contribution in [0.3, 0.4) is 0 Å². The predicted molar refractivity (Wildman–Crippen MR) is 127 cm³/mol. The Balaban J connectivity index is 1.56. The van der Waals surface area contributed by atoms with Crippen LogP contribution in [0, 0.1) is 24.2 Å². The maximum atomic E-state index is 13.6. The molecule has 2 atom stereocenters. The van der Waals surface area contributed by atoms with Crippen LogP contribution in [0.15, 0.2) is 42.6 Å². The summed E-state index contributed by atoms with van der Waals surface area (Å²) in [5.41, 5.74) is 2.12. The molecule has 1 unspecified atom stereocenters. The summed E-state index contributed by atoms with van der Waals surface area (Å²) in [5.74, 6) is 1.62. The number of hydrogen-bond acceptors (Lipinski definition) is 7. The number of fused-ring (bicyclic) bond motifs is 1. The highest BCUT2D eigenvalue weighted by Crippen LogP contribution is 2.50. The van der Waals surface area contributed by atoms with Crippen LogP contribution in [0.5, 0.6) is 0 Å². The van der Waals surface area contributed by atoms with Crippen molar-refractivity contribution in [3.8, 4) is 0 Å². The first-order valence-electron chi connectivity index (χ1n) is 11.5. The molecule has 176 valence electrons. The summed E-state index contributed by atoms with van der Waals surface area (Å²) in [6, 6.07) is -0.138. The minimum absolute atomic E-state index is 0.000683. The van der Waals surface area contributed by atoms with Crippen molar-refractivity contribution in [2.75, 3.05) is 16.4 Å². The average molecular weight is 461 g/mol. The van der Waals surface area contributed by atoms with E-state index in [0.29, 0.717) is 30.5 Å². The minimum Gasteiger partial charge on any atom is -0.447 e. The number of ether oxygens (including phenoxy) is 1. The zero-order valence-electron chi connectivity index (χ0n) is 20.0. The monoisotopic (exact) mass is 460 g/mol. The van der Waals surface area contributed by atoms with Gasteiger partial charge in [0, 0.05) is 29.6 Å². The first-order chi connectivity index (χ1) is 16.2. The number of cyclic esters (lactones) is 1. The van der Waals surface area contributed by atoms with Crippen molar-refractivity contribution < 1.29 is 14.3 Å². The molecule has 2 amide bonds. The number of carbonyl (C=O) groups is 2. The summed E-state index contributed by atoms with van der Waals surface area (Å²) < 4.78 is 5.28. The van der Waals surface area contributed by atoms with E-state index in [9.17, 15) is 9.59 Å². The molecule has 0 spiro atoms. The second-order valence-electron chi connectivity index (χ2n) is 9.89. The van der Waals surface area contributed by atoms with E-state index in [2.05, 4.69) is 21.0 Å². The Kier molecular flexibility index (Phi) is 5.22. The molecule has 4 heterocycles. The van der Waals surface area contributed by atoms with Gasteiger partial charge in [0.05, 0.1) is 23.9 Å². The van der Waals surface area contributed by atoms with Crippen molar-refractivity contribution in [1.29, 1.82) is 0 Å². The lowest BCUT2D eigenvalue weighted by atomic mass is 9.75. The zero-order chi connectivity index (χ0) is 24.2. The summed E-state index contributed by atoms with van der Waals surface area (Å²) in [6.07, 6.45) is 11.1. The Morgan fingerprint density at radius 1 is 1.09 bits per heavy atom. The molecule has 0 aromatic carbocycles. The van der Waals surface area contributed by atoms with E-state index >= 15 is 0 Å². The van der Waals surface area contributed by atoms with Gasteiger partial charge in [-0.1, -0.05) is 33.8 Å². The number of rotatable bonds is 4. The van der Waals surface area contributed by atoms with Crippen molar-refractivity contribution in [2.24, 2.45) is 17.3 Å². The summed E-state index contributed by atoms with van der Waals surface area (Å²) in [6.45, 7) is 10.1. The number of anilines is 2. The number of aryl methyl sites for hydroxylation is 1. The fourth-order valence-corrected chi connectivity index (χ4v) is 4.86. The lowest BCUT2D eigenvalue weighted by molar-refractivity contribution is -0.125. The summed E-state index contributed by atoms with van der Waals surface area (Å²) in [4.78, 5) is 46.9. The molecule has 2 aliphatic heterocycles. The van der Waals surface area contributed by atoms with Gasteiger partial charge in [0.2, 0.25) is 5.91 Å². The van der Waals surface area contributed by atoms with Crippen LogP contribution in [0.4, 0.5) is 16.4 Å². The van der Waals surface area contributed by atoms with Gasteiger partial charge in [-0.15, -0.1) is 0 Å². The fourth-order valence-electron chi connectivity index (χ4n) is 4.86. The Labute approximate surface area is 198 Å². The van der Waals surface area contributed by atoms with Crippen LogP contribution < -0.4 is 9.80 Å². The van der Waals surface area contributed by atoms with E-state index in [0.717, 1.165) is 16.8 Å². The van der Waals surface area contributed by atoms with Gasteiger partial charge < -0.3 is 4.74 Å². The maximum Gasteiger partial charge on any atom is 0.415 e. The number of aromatic nitrogens is 4. The third-order valence-electron chi connectivity index (χ3n) is 6.99. The molecule has 9 nitrogen and oxygen atoms in total. The highest BCUT2D eigenvalue weighted by atomic mass is 16.6. The summed E-state index contributed by atoms with van der Waals surface area (Å²) in [5, 5.41) is 0. The molecular weight excluding hydrogens is 432 g/mol. The number of hydrogen-bond donors (Lipinski definition) is 0. The highest BCUT2D eigenvalue weighted by molar-refractivity contribution is 6.04. The second kappa shape index (κ2) is 8.00. The van der Waals surface area contributed by atoms with Gasteiger partial charge in [-0.05, 0) is 30.9 Å². The first-order valence-corrected chi connectivity index (χ1v) is 11.5. The van der Waals surface area contributed by atoms with Crippen LogP contribution in [-0.4, -0.2) is 44.6 Å². The Morgan fingerprint density at radius 2 is 1.79 bits per heavy atom. The molecule has 2 fully saturated rings. The van der Waals surface area contributed by atoms with Gasteiger partial charge in [-0.3, -0.25) is 19.6 Å². The topological polar surface area (TPSA) is 101 Å². The zero-order valence-corrected chi connectivity index (χ0v) is 20.0. The molecule has 2 aromatic rings. The number of nitrogens with zero attached hydrogens (tertiary/aromatic N) is 6. The predicted octanol–water partition coefficient (Wildman–Crippen LogP) is 3.92. The first kappa shape index (κ1) is 22.2. The summed E-state index contributed by atoms with van der Waals surface area (Å²) >= 11 is 0. The van der Waals surface area contributed by atoms with E-state index < -0.39 is 11.5 Å². The van der Waals surface area contributed by atoms with Gasteiger partial charge >= 0.3 is 6.09 Å². The SMILES string of the molecule is Cc1ncc(C2=CCC3C(=C2)N(c2cncc(N4C(=O)OC[C@@H]4C(C)C)n2)C(=O)C3(C)C)cn1. The lowest BCUT2D eigenvalue weighted by Crippen LogP contribution is -2.38. The molecule has 0 radical (unpaired) electrons. The molecular formula is C25H28N6O3. The van der Waals surface area contributed by atoms with Crippen LogP contribution in [0.2, 0.25) is 0 Å². The van der Waals surface area contributed by atoms with Gasteiger partial charge in [-0.25, -0.2) is 19.7 Å². The van der Waals surface area contributed by atoms with E-state index in [4.69, 9.17) is 9.72 Å². The minimum atomic E-state index is -0.609. The number of allylic oxidation sites excluding steroid dienone is 4. The Hall–Kier alpha value is -3.62. The summed E-state index contributed by atoms with van der Waals surface area (Å²) in [7, 11) is 0.